The first-order valence-corrected chi connectivity index (χ1v) is 7.69. The second-order valence-corrected chi connectivity index (χ2v) is 8.20. The van der Waals surface area contributed by atoms with E-state index in [2.05, 4.69) is 0 Å². The van der Waals surface area contributed by atoms with E-state index in [0.717, 1.165) is 6.42 Å². The summed E-state index contributed by atoms with van der Waals surface area (Å²) < 4.78 is 5.20. The fourth-order valence-corrected chi connectivity index (χ4v) is 1.56. The highest BCUT2D eigenvalue weighted by Gasteiger charge is 2.19. The molecule has 0 heterocycles. The molecular formula is C8H18O3Si. The van der Waals surface area contributed by atoms with Gasteiger partial charge in [-0.25, -0.2) is 0 Å². The quantitative estimate of drug-likeness (QED) is 0.528. The van der Waals surface area contributed by atoms with E-state index in [0.29, 0.717) is 12.8 Å². The van der Waals surface area contributed by atoms with Crippen LogP contribution < -0.4 is 0 Å². The van der Waals surface area contributed by atoms with Gasteiger partial charge in [0.15, 0.2) is 0 Å². The minimum atomic E-state index is -1.69. The fourth-order valence-electron chi connectivity index (χ4n) is 0.774. The van der Waals surface area contributed by atoms with E-state index < -0.39 is 8.32 Å². The van der Waals surface area contributed by atoms with Crippen LogP contribution in [0.1, 0.15) is 19.3 Å². The third kappa shape index (κ3) is 7.75. The van der Waals surface area contributed by atoms with Gasteiger partial charge in [-0.2, -0.15) is 0 Å². The average molecular weight is 190 g/mol. The van der Waals surface area contributed by atoms with Crippen molar-refractivity contribution in [3.63, 3.8) is 0 Å². The molecule has 0 saturated carbocycles. The van der Waals surface area contributed by atoms with Gasteiger partial charge in [-0.1, -0.05) is 0 Å². The largest absolute Gasteiger partial charge is 0.520 e. The molecule has 0 aromatic carbocycles. The normalized spacial score (nSPS) is 11.3. The molecule has 0 unspecified atom stereocenters. The van der Waals surface area contributed by atoms with Crippen molar-refractivity contribution in [2.24, 2.45) is 0 Å². The Balaban J connectivity index is 3.47. The van der Waals surface area contributed by atoms with E-state index in [4.69, 9.17) is 9.53 Å². The number of aliphatic hydroxyl groups excluding tert-OH is 1. The highest BCUT2D eigenvalue weighted by molar-refractivity contribution is 6.71. The summed E-state index contributed by atoms with van der Waals surface area (Å²) in [5.41, 5.74) is 0. The van der Waals surface area contributed by atoms with E-state index in [1.807, 2.05) is 19.6 Å². The van der Waals surface area contributed by atoms with Crippen molar-refractivity contribution >= 4 is 14.3 Å². The molecule has 12 heavy (non-hydrogen) atoms. The van der Waals surface area contributed by atoms with Crippen LogP contribution in [0.2, 0.25) is 19.6 Å². The minimum absolute atomic E-state index is 0.123. The Bertz CT molecular complexity index is 140. The Morgan fingerprint density at radius 1 is 1.33 bits per heavy atom. The highest BCUT2D eigenvalue weighted by atomic mass is 28.4. The van der Waals surface area contributed by atoms with Crippen molar-refractivity contribution in [1.29, 1.82) is 0 Å². The van der Waals surface area contributed by atoms with Gasteiger partial charge in [0.2, 0.25) is 8.32 Å². The first-order valence-electron chi connectivity index (χ1n) is 4.28. The Morgan fingerprint density at radius 3 is 2.33 bits per heavy atom. The van der Waals surface area contributed by atoms with E-state index in [1.165, 1.54) is 0 Å². The predicted molar refractivity (Wildman–Crippen MR) is 50.4 cm³/mol. The molecule has 0 bridgehead atoms. The van der Waals surface area contributed by atoms with Crippen molar-refractivity contribution in [3.05, 3.63) is 0 Å². The summed E-state index contributed by atoms with van der Waals surface area (Å²) in [4.78, 5) is 11.1. The predicted octanol–water partition coefficient (Wildman–Crippen LogP) is 1.53. The summed E-state index contributed by atoms with van der Waals surface area (Å²) in [6.45, 7) is 6.10. The van der Waals surface area contributed by atoms with Crippen LogP contribution in [-0.4, -0.2) is 26.0 Å². The van der Waals surface area contributed by atoms with Gasteiger partial charge in [-0.3, -0.25) is 4.79 Å². The second-order valence-electron chi connectivity index (χ2n) is 3.77. The van der Waals surface area contributed by atoms with Crippen molar-refractivity contribution in [1.82, 2.24) is 0 Å². The third-order valence-corrected chi connectivity index (χ3v) is 2.05. The highest BCUT2D eigenvalue weighted by Crippen LogP contribution is 2.06. The fraction of sp³-hybridized carbons (Fsp3) is 0.875. The Kier molecular flexibility index (Phi) is 5.16. The van der Waals surface area contributed by atoms with Crippen LogP contribution in [0.15, 0.2) is 0 Å². The molecule has 0 aliphatic rings. The SMILES string of the molecule is C[Si](C)(C)OC(=O)CCCCO. The van der Waals surface area contributed by atoms with Crippen LogP contribution in [0, 0.1) is 0 Å². The first-order chi connectivity index (χ1) is 5.45. The molecule has 0 rings (SSSR count). The smallest absolute Gasteiger partial charge is 0.292 e. The zero-order valence-electron chi connectivity index (χ0n) is 8.09. The van der Waals surface area contributed by atoms with Crippen LogP contribution in [0.3, 0.4) is 0 Å². The van der Waals surface area contributed by atoms with Crippen molar-refractivity contribution in [2.75, 3.05) is 6.61 Å². The first kappa shape index (κ1) is 11.6. The summed E-state index contributed by atoms with van der Waals surface area (Å²) in [6, 6.07) is 0. The van der Waals surface area contributed by atoms with Gasteiger partial charge in [0, 0.05) is 13.0 Å². The minimum Gasteiger partial charge on any atom is -0.520 e. The summed E-state index contributed by atoms with van der Waals surface area (Å²) in [6.07, 6.45) is 1.84. The molecule has 1 N–H and O–H groups in total. The molecule has 0 aromatic rings. The molecule has 0 radical (unpaired) electrons. The molecule has 0 amide bonds. The van der Waals surface area contributed by atoms with Crippen LogP contribution >= 0.6 is 0 Å². The van der Waals surface area contributed by atoms with Gasteiger partial charge in [0.25, 0.3) is 5.97 Å². The molecular weight excluding hydrogens is 172 g/mol. The van der Waals surface area contributed by atoms with Gasteiger partial charge < -0.3 is 9.53 Å². The second kappa shape index (κ2) is 5.32. The number of rotatable bonds is 5. The molecule has 0 spiro atoms. The van der Waals surface area contributed by atoms with Crippen molar-refractivity contribution in [2.45, 2.75) is 38.9 Å². The van der Waals surface area contributed by atoms with Gasteiger partial charge in [0.05, 0.1) is 0 Å². The lowest BCUT2D eigenvalue weighted by Crippen LogP contribution is -2.29. The maximum absolute atomic E-state index is 11.1. The van der Waals surface area contributed by atoms with Gasteiger partial charge in [-0.05, 0) is 32.5 Å². The van der Waals surface area contributed by atoms with Crippen molar-refractivity contribution in [3.8, 4) is 0 Å². The Labute approximate surface area is 74.9 Å². The van der Waals surface area contributed by atoms with Gasteiger partial charge in [-0.15, -0.1) is 0 Å². The third-order valence-electron chi connectivity index (χ3n) is 1.21. The number of hydrogen-bond donors (Lipinski definition) is 1. The molecule has 0 saturated heterocycles. The number of carbonyl (C=O) groups is 1. The molecule has 0 fully saturated rings. The lowest BCUT2D eigenvalue weighted by Gasteiger charge is -2.16. The number of carbonyl (C=O) groups excluding carboxylic acids is 1. The monoisotopic (exact) mass is 190 g/mol. The number of unbranched alkanes of at least 4 members (excludes halogenated alkanes) is 1. The zero-order valence-corrected chi connectivity index (χ0v) is 9.09. The van der Waals surface area contributed by atoms with E-state index in [9.17, 15) is 4.79 Å². The van der Waals surface area contributed by atoms with Crippen molar-refractivity contribution < 1.29 is 14.3 Å². The van der Waals surface area contributed by atoms with E-state index in [-0.39, 0.29) is 12.6 Å². The summed E-state index contributed by atoms with van der Waals surface area (Å²) in [5.74, 6) is -0.123. The maximum Gasteiger partial charge on any atom is 0.292 e. The Morgan fingerprint density at radius 2 is 1.92 bits per heavy atom. The summed E-state index contributed by atoms with van der Waals surface area (Å²) in [5, 5.41) is 8.47. The van der Waals surface area contributed by atoms with Crippen LogP contribution in [0.4, 0.5) is 0 Å². The molecule has 0 atom stereocenters. The maximum atomic E-state index is 11.1. The van der Waals surface area contributed by atoms with E-state index >= 15 is 0 Å². The molecule has 4 heteroatoms. The lowest BCUT2D eigenvalue weighted by atomic mass is 10.2. The molecule has 0 aliphatic heterocycles. The topological polar surface area (TPSA) is 46.5 Å². The molecule has 3 nitrogen and oxygen atoms in total. The Hall–Kier alpha value is -0.353. The van der Waals surface area contributed by atoms with Gasteiger partial charge in [0.1, 0.15) is 0 Å². The molecule has 0 aliphatic carbocycles. The van der Waals surface area contributed by atoms with E-state index in [1.54, 1.807) is 0 Å². The lowest BCUT2D eigenvalue weighted by molar-refractivity contribution is -0.135. The molecule has 72 valence electrons. The molecule has 0 aromatic heterocycles. The van der Waals surface area contributed by atoms with Gasteiger partial charge >= 0.3 is 0 Å². The zero-order chi connectivity index (χ0) is 9.61. The van der Waals surface area contributed by atoms with Crippen LogP contribution in [0.25, 0.3) is 0 Å². The summed E-state index contributed by atoms with van der Waals surface area (Å²) >= 11 is 0. The number of aliphatic hydroxyl groups is 1. The summed E-state index contributed by atoms with van der Waals surface area (Å²) in [7, 11) is -1.69. The van der Waals surface area contributed by atoms with Crippen LogP contribution in [-0.2, 0) is 9.22 Å². The van der Waals surface area contributed by atoms with Crippen LogP contribution in [0.5, 0.6) is 0 Å². The standard InChI is InChI=1S/C8H18O3Si/c1-12(2,3)11-8(10)6-4-5-7-9/h9H,4-7H2,1-3H3. The number of hydrogen-bond acceptors (Lipinski definition) is 3. The average Bonchev–Trinajstić information content (AvgIpc) is 1.84.